The lowest BCUT2D eigenvalue weighted by Gasteiger charge is -2.15. The van der Waals surface area contributed by atoms with E-state index in [-0.39, 0.29) is 62.6 Å². The van der Waals surface area contributed by atoms with Crippen molar-refractivity contribution in [2.24, 2.45) is 10.2 Å². The van der Waals surface area contributed by atoms with Crippen LogP contribution in [0.15, 0.2) is 44.2 Å². The zero-order valence-corrected chi connectivity index (χ0v) is 21.2. The van der Waals surface area contributed by atoms with Crippen LogP contribution in [-0.4, -0.2) is 69.1 Å². The molecule has 0 saturated heterocycles. The van der Waals surface area contributed by atoms with E-state index in [0.717, 1.165) is 4.57 Å². The van der Waals surface area contributed by atoms with Gasteiger partial charge in [0, 0.05) is 44.8 Å². The molecule has 36 heavy (non-hydrogen) atoms. The lowest BCUT2D eigenvalue weighted by atomic mass is 10.1. The predicted octanol–water partition coefficient (Wildman–Crippen LogP) is 0.847. The molecule has 0 saturated carbocycles. The van der Waals surface area contributed by atoms with Crippen LogP contribution in [0.2, 0.25) is 0 Å². The summed E-state index contributed by atoms with van der Waals surface area (Å²) in [5, 5.41) is 30.2. The van der Waals surface area contributed by atoms with Crippen LogP contribution < -0.4 is 15.6 Å². The molecule has 0 atom stereocenters. The Bertz CT molecular complexity index is 1230. The van der Waals surface area contributed by atoms with Gasteiger partial charge in [0.2, 0.25) is 21.8 Å². The van der Waals surface area contributed by atoms with E-state index in [2.05, 4.69) is 20.3 Å². The minimum atomic E-state index is -3.77. The molecule has 1 aromatic carbocycles. The summed E-state index contributed by atoms with van der Waals surface area (Å²) in [5.41, 5.74) is 0.538. The Balaban J connectivity index is 2.28. The highest BCUT2D eigenvalue weighted by atomic mass is 32.2. The number of amides is 1. The van der Waals surface area contributed by atoms with Gasteiger partial charge < -0.3 is 25.0 Å². The third kappa shape index (κ3) is 7.93. The van der Waals surface area contributed by atoms with Gasteiger partial charge in [-0.15, -0.1) is 5.11 Å². The molecule has 0 unspecified atom stereocenters. The molecule has 0 aliphatic heterocycles. The molecule has 0 aliphatic carbocycles. The number of pyridine rings is 1. The number of nitrogens with zero attached hydrogens (tertiary/aromatic N) is 3. The molecule has 1 aromatic heterocycles. The second-order valence-corrected chi connectivity index (χ2v) is 9.34. The summed E-state index contributed by atoms with van der Waals surface area (Å²) in [6.07, 6.45) is 0. The van der Waals surface area contributed by atoms with Crippen molar-refractivity contribution in [1.82, 2.24) is 14.6 Å². The maximum absolute atomic E-state index is 12.7. The Morgan fingerprint density at radius 3 is 2.44 bits per heavy atom. The SMILES string of the molecule is COCc1c(/N=N/c2ccc(S(=O)(=O)NCCOCCO)cc2)c(O)n(CCNC(C)=O)c(=O)c1C. The Hall–Kier alpha value is -3.17. The number of rotatable bonds is 14. The molecule has 0 aliphatic rings. The Morgan fingerprint density at radius 1 is 1.14 bits per heavy atom. The number of carbonyl (C=O) groups excluding carboxylic acids is 1. The van der Waals surface area contributed by atoms with E-state index in [1.165, 1.54) is 38.3 Å². The fourth-order valence-electron chi connectivity index (χ4n) is 3.14. The summed E-state index contributed by atoms with van der Waals surface area (Å²) >= 11 is 0. The molecular weight excluding hydrogens is 494 g/mol. The molecule has 198 valence electrons. The fourth-order valence-corrected chi connectivity index (χ4v) is 4.16. The zero-order valence-electron chi connectivity index (χ0n) is 20.4. The minimum Gasteiger partial charge on any atom is -0.493 e. The van der Waals surface area contributed by atoms with Gasteiger partial charge >= 0.3 is 0 Å². The third-order valence-corrected chi connectivity index (χ3v) is 6.43. The number of nitrogens with one attached hydrogen (secondary N) is 2. The van der Waals surface area contributed by atoms with Crippen LogP contribution in [0.3, 0.4) is 0 Å². The first kappa shape index (κ1) is 29.1. The second-order valence-electron chi connectivity index (χ2n) is 7.58. The van der Waals surface area contributed by atoms with Crippen LogP contribution >= 0.6 is 0 Å². The number of ether oxygens (including phenoxy) is 2. The maximum atomic E-state index is 12.7. The topological polar surface area (TPSA) is 181 Å². The first-order valence-electron chi connectivity index (χ1n) is 11.0. The molecule has 1 amide bonds. The molecular formula is C22H31N5O8S. The van der Waals surface area contributed by atoms with E-state index in [9.17, 15) is 23.1 Å². The number of aliphatic hydroxyl groups excluding tert-OH is 1. The number of aromatic hydroxyl groups is 1. The van der Waals surface area contributed by atoms with Crippen molar-refractivity contribution in [3.63, 3.8) is 0 Å². The molecule has 0 fully saturated rings. The van der Waals surface area contributed by atoms with Crippen molar-refractivity contribution >= 4 is 27.3 Å². The zero-order chi connectivity index (χ0) is 26.7. The van der Waals surface area contributed by atoms with Crippen molar-refractivity contribution < 1.29 is 32.9 Å². The highest BCUT2D eigenvalue weighted by molar-refractivity contribution is 7.89. The van der Waals surface area contributed by atoms with E-state index >= 15 is 0 Å². The molecule has 2 rings (SSSR count). The van der Waals surface area contributed by atoms with Gasteiger partial charge in [-0.2, -0.15) is 5.11 Å². The minimum absolute atomic E-state index is 0.000389. The Labute approximate surface area is 208 Å². The lowest BCUT2D eigenvalue weighted by Crippen LogP contribution is -2.31. The summed E-state index contributed by atoms with van der Waals surface area (Å²) in [6, 6.07) is 5.57. The Kier molecular flexibility index (Phi) is 11.1. The molecule has 4 N–H and O–H groups in total. The maximum Gasteiger partial charge on any atom is 0.256 e. The average molecular weight is 526 g/mol. The molecule has 0 radical (unpaired) electrons. The summed E-state index contributed by atoms with van der Waals surface area (Å²) in [4.78, 5) is 23.9. The fraction of sp³-hybridized carbons (Fsp3) is 0.455. The van der Waals surface area contributed by atoms with Gasteiger partial charge in [-0.3, -0.25) is 14.2 Å². The number of hydrogen-bond acceptors (Lipinski definition) is 10. The van der Waals surface area contributed by atoms with Gasteiger partial charge in [-0.05, 0) is 31.2 Å². The number of benzene rings is 1. The van der Waals surface area contributed by atoms with Gasteiger partial charge in [-0.25, -0.2) is 13.1 Å². The normalized spacial score (nSPS) is 11.8. The van der Waals surface area contributed by atoms with Crippen molar-refractivity contribution in [2.45, 2.75) is 31.9 Å². The number of methoxy groups -OCH3 is 1. The highest BCUT2D eigenvalue weighted by Crippen LogP contribution is 2.33. The van der Waals surface area contributed by atoms with Crippen molar-refractivity contribution in [3.8, 4) is 5.88 Å². The second kappa shape index (κ2) is 13.8. The monoisotopic (exact) mass is 525 g/mol. The standard InChI is InChI=1S/C22H31N5O8S/c1-15-19(14-34-3)20(22(31)27(21(15)30)10-8-23-16(2)29)26-25-17-4-6-18(7-5-17)36(32,33)24-9-12-35-13-11-28/h4-7,24,28,31H,8-14H2,1-3H3,(H,23,29)/b26-25+. The van der Waals surface area contributed by atoms with E-state index in [4.69, 9.17) is 14.6 Å². The van der Waals surface area contributed by atoms with Gasteiger partial charge in [0.05, 0.1) is 37.0 Å². The van der Waals surface area contributed by atoms with Crippen LogP contribution in [0.1, 0.15) is 18.1 Å². The predicted molar refractivity (Wildman–Crippen MR) is 130 cm³/mol. The summed E-state index contributed by atoms with van der Waals surface area (Å²) in [7, 11) is -2.34. The average Bonchev–Trinajstić information content (AvgIpc) is 2.84. The van der Waals surface area contributed by atoms with Crippen molar-refractivity contribution in [3.05, 3.63) is 45.7 Å². The number of sulfonamides is 1. The van der Waals surface area contributed by atoms with Gasteiger partial charge in [0.1, 0.15) is 0 Å². The molecule has 0 bridgehead atoms. The Morgan fingerprint density at radius 2 is 1.83 bits per heavy atom. The van der Waals surface area contributed by atoms with Crippen LogP contribution in [0, 0.1) is 6.92 Å². The molecule has 14 heteroatoms. The number of carbonyl (C=O) groups is 1. The summed E-state index contributed by atoms with van der Waals surface area (Å²) in [6.45, 7) is 3.20. The van der Waals surface area contributed by atoms with Crippen molar-refractivity contribution in [2.75, 3.05) is 40.0 Å². The quantitative estimate of drug-likeness (QED) is 0.207. The van der Waals surface area contributed by atoms with Crippen LogP contribution in [0.25, 0.3) is 0 Å². The summed E-state index contributed by atoms with van der Waals surface area (Å²) < 4.78 is 38.4. The molecule has 13 nitrogen and oxygen atoms in total. The first-order valence-corrected chi connectivity index (χ1v) is 12.5. The number of aromatic nitrogens is 1. The number of hydrogen-bond donors (Lipinski definition) is 4. The lowest BCUT2D eigenvalue weighted by molar-refractivity contribution is -0.119. The third-order valence-electron chi connectivity index (χ3n) is 4.96. The van der Waals surface area contributed by atoms with Crippen LogP contribution in [-0.2, 0) is 37.4 Å². The van der Waals surface area contributed by atoms with E-state index in [1.54, 1.807) is 6.92 Å². The van der Waals surface area contributed by atoms with E-state index in [1.807, 2.05) is 0 Å². The number of aliphatic hydroxyl groups is 1. The molecule has 1 heterocycles. The number of azo groups is 1. The van der Waals surface area contributed by atoms with Gasteiger partial charge in [0.25, 0.3) is 5.56 Å². The van der Waals surface area contributed by atoms with Crippen LogP contribution in [0.4, 0.5) is 11.4 Å². The summed E-state index contributed by atoms with van der Waals surface area (Å²) in [5.74, 6) is -0.704. The first-order chi connectivity index (χ1) is 17.1. The van der Waals surface area contributed by atoms with Crippen LogP contribution in [0.5, 0.6) is 5.88 Å². The molecule has 0 spiro atoms. The smallest absolute Gasteiger partial charge is 0.256 e. The van der Waals surface area contributed by atoms with Gasteiger partial charge in [-0.1, -0.05) is 0 Å². The largest absolute Gasteiger partial charge is 0.493 e. The molecule has 2 aromatic rings. The van der Waals surface area contributed by atoms with E-state index in [0.29, 0.717) is 16.8 Å². The highest BCUT2D eigenvalue weighted by Gasteiger charge is 2.19. The van der Waals surface area contributed by atoms with E-state index < -0.39 is 21.5 Å². The van der Waals surface area contributed by atoms with Gasteiger partial charge in [0.15, 0.2) is 5.69 Å². The van der Waals surface area contributed by atoms with Crippen molar-refractivity contribution in [1.29, 1.82) is 0 Å².